The maximum atomic E-state index is 8.51. The molecule has 2 heterocycles. The number of rotatable bonds is 3. The van der Waals surface area contributed by atoms with E-state index in [4.69, 9.17) is 5.41 Å². The first-order chi connectivity index (χ1) is 17.2. The molecule has 0 atom stereocenters. The maximum absolute atomic E-state index is 8.51. The zero-order valence-electron chi connectivity index (χ0n) is 19.4. The largest absolute Gasteiger partial charge is 0.309 e. The Morgan fingerprint density at radius 3 is 1.11 bits per heavy atom. The van der Waals surface area contributed by atoms with Crippen LogP contribution in [0.15, 0.2) is 115 Å². The molecule has 35 heavy (non-hydrogen) atoms. The van der Waals surface area contributed by atoms with Crippen molar-refractivity contribution in [1.82, 2.24) is 9.13 Å². The Balaban J connectivity index is 1.61. The average molecular weight is 450 g/mol. The highest BCUT2D eigenvalue weighted by molar-refractivity contribution is 6.11. The Hall–Kier alpha value is -4.63. The normalized spacial score (nSPS) is 11.7. The van der Waals surface area contributed by atoms with E-state index in [9.17, 15) is 0 Å². The molecule has 0 aliphatic rings. The van der Waals surface area contributed by atoms with Crippen LogP contribution in [-0.2, 0) is 0 Å². The van der Waals surface area contributed by atoms with E-state index in [-0.39, 0.29) is 0 Å². The molecule has 3 nitrogen and oxygen atoms in total. The van der Waals surface area contributed by atoms with Crippen molar-refractivity contribution in [3.63, 3.8) is 0 Å². The molecule has 0 bridgehead atoms. The number of hydrogen-bond acceptors (Lipinski definition) is 1. The smallest absolute Gasteiger partial charge is 0.0541 e. The van der Waals surface area contributed by atoms with Crippen molar-refractivity contribution in [1.29, 1.82) is 5.41 Å². The van der Waals surface area contributed by atoms with Crippen LogP contribution in [0.4, 0.5) is 0 Å². The summed E-state index contributed by atoms with van der Waals surface area (Å²) in [6.45, 7) is 1.86. The van der Waals surface area contributed by atoms with Gasteiger partial charge in [0.25, 0.3) is 0 Å². The first kappa shape index (κ1) is 19.8. The van der Waals surface area contributed by atoms with Gasteiger partial charge in [0.2, 0.25) is 0 Å². The van der Waals surface area contributed by atoms with Crippen LogP contribution in [0.2, 0.25) is 0 Å². The van der Waals surface area contributed by atoms with Crippen LogP contribution < -0.4 is 0 Å². The Kier molecular flexibility index (Phi) is 4.21. The van der Waals surface area contributed by atoms with E-state index in [0.717, 1.165) is 16.9 Å². The minimum Gasteiger partial charge on any atom is -0.309 e. The molecule has 0 aliphatic carbocycles. The summed E-state index contributed by atoms with van der Waals surface area (Å²) in [7, 11) is 0. The van der Waals surface area contributed by atoms with Crippen LogP contribution in [0.5, 0.6) is 0 Å². The highest BCUT2D eigenvalue weighted by atomic mass is 15.0. The topological polar surface area (TPSA) is 33.7 Å². The van der Waals surface area contributed by atoms with Crippen molar-refractivity contribution < 1.29 is 0 Å². The number of nitrogens with zero attached hydrogens (tertiary/aromatic N) is 2. The van der Waals surface area contributed by atoms with Crippen molar-refractivity contribution in [2.45, 2.75) is 6.92 Å². The summed E-state index contributed by atoms with van der Waals surface area (Å²) in [6.07, 6.45) is 0. The number of hydrogen-bond donors (Lipinski definition) is 1. The standard InChI is InChI=1S/C32H23N3/c1-21(33)22-18-23(34-29-14-6-2-10-25(29)26-11-3-7-15-30(26)34)20-24(19-22)35-31-16-8-4-12-27(31)28-13-5-9-17-32(28)35/h2-20,33H,1H3. The Morgan fingerprint density at radius 2 is 0.800 bits per heavy atom. The lowest BCUT2D eigenvalue weighted by Gasteiger charge is -2.15. The molecule has 0 fully saturated rings. The summed E-state index contributed by atoms with van der Waals surface area (Å²) in [5, 5.41) is 13.5. The van der Waals surface area contributed by atoms with Crippen molar-refractivity contribution in [2.24, 2.45) is 0 Å². The number of para-hydroxylation sites is 4. The third-order valence-electron chi connectivity index (χ3n) is 7.01. The number of aromatic nitrogens is 2. The third-order valence-corrected chi connectivity index (χ3v) is 7.01. The molecular weight excluding hydrogens is 426 g/mol. The predicted molar refractivity (Wildman–Crippen MR) is 148 cm³/mol. The van der Waals surface area contributed by atoms with E-state index in [1.807, 2.05) is 6.92 Å². The first-order valence-corrected chi connectivity index (χ1v) is 11.9. The fourth-order valence-corrected chi connectivity index (χ4v) is 5.47. The number of benzene rings is 5. The summed E-state index contributed by atoms with van der Waals surface area (Å²) in [6, 6.07) is 40.8. The molecule has 5 aromatic carbocycles. The van der Waals surface area contributed by atoms with Gasteiger partial charge in [0.1, 0.15) is 0 Å². The minimum atomic E-state index is 0.551. The molecule has 0 amide bonds. The van der Waals surface area contributed by atoms with Gasteiger partial charge < -0.3 is 14.5 Å². The first-order valence-electron chi connectivity index (χ1n) is 11.9. The van der Waals surface area contributed by atoms with Gasteiger partial charge in [-0.25, -0.2) is 0 Å². The molecule has 0 saturated carbocycles. The fourth-order valence-electron chi connectivity index (χ4n) is 5.47. The van der Waals surface area contributed by atoms with Gasteiger partial charge in [0.05, 0.1) is 22.1 Å². The maximum Gasteiger partial charge on any atom is 0.0541 e. The van der Waals surface area contributed by atoms with E-state index in [2.05, 4.69) is 124 Å². The second-order valence-corrected chi connectivity index (χ2v) is 9.10. The molecule has 0 spiro atoms. The van der Waals surface area contributed by atoms with E-state index in [0.29, 0.717) is 5.71 Å². The van der Waals surface area contributed by atoms with Crippen molar-refractivity contribution >= 4 is 49.3 Å². The highest BCUT2D eigenvalue weighted by Crippen LogP contribution is 2.35. The molecule has 3 heteroatoms. The van der Waals surface area contributed by atoms with Gasteiger partial charge >= 0.3 is 0 Å². The van der Waals surface area contributed by atoms with Gasteiger partial charge in [-0.1, -0.05) is 72.8 Å². The Bertz CT molecular complexity index is 1700. The van der Waals surface area contributed by atoms with E-state index in [1.165, 1.54) is 43.6 Å². The van der Waals surface area contributed by atoms with Gasteiger partial charge in [-0.05, 0) is 55.0 Å². The van der Waals surface area contributed by atoms with Crippen molar-refractivity contribution in [2.75, 3.05) is 0 Å². The molecule has 0 saturated heterocycles. The quantitative estimate of drug-likeness (QED) is 0.263. The molecule has 2 aromatic heterocycles. The average Bonchev–Trinajstić information content (AvgIpc) is 3.42. The number of nitrogens with one attached hydrogen (secondary N) is 1. The lowest BCUT2D eigenvalue weighted by Crippen LogP contribution is -2.03. The summed E-state index contributed by atoms with van der Waals surface area (Å²) >= 11 is 0. The van der Waals surface area contributed by atoms with Crippen LogP contribution in [0.1, 0.15) is 12.5 Å². The molecule has 0 radical (unpaired) electrons. The molecule has 0 unspecified atom stereocenters. The van der Waals surface area contributed by atoms with Gasteiger partial charge in [-0.3, -0.25) is 0 Å². The molecule has 1 N–H and O–H groups in total. The molecule has 166 valence electrons. The highest BCUT2D eigenvalue weighted by Gasteiger charge is 2.16. The number of fused-ring (bicyclic) bond motifs is 6. The van der Waals surface area contributed by atoms with E-state index < -0.39 is 0 Å². The van der Waals surface area contributed by atoms with Gasteiger partial charge in [0.15, 0.2) is 0 Å². The lowest BCUT2D eigenvalue weighted by atomic mass is 10.1. The molecule has 7 rings (SSSR count). The zero-order valence-corrected chi connectivity index (χ0v) is 19.4. The van der Waals surface area contributed by atoms with Crippen LogP contribution in [0.25, 0.3) is 55.0 Å². The monoisotopic (exact) mass is 449 g/mol. The third kappa shape index (κ3) is 2.88. The fraction of sp³-hybridized carbons (Fsp3) is 0.0312. The van der Waals surface area contributed by atoms with Crippen LogP contribution in [0.3, 0.4) is 0 Å². The second-order valence-electron chi connectivity index (χ2n) is 9.10. The van der Waals surface area contributed by atoms with Crippen LogP contribution >= 0.6 is 0 Å². The summed E-state index contributed by atoms with van der Waals surface area (Å²) < 4.78 is 4.66. The van der Waals surface area contributed by atoms with Gasteiger partial charge in [-0.2, -0.15) is 0 Å². The molecular formula is C32H23N3. The van der Waals surface area contributed by atoms with Crippen LogP contribution in [-0.4, -0.2) is 14.8 Å². The van der Waals surface area contributed by atoms with E-state index in [1.54, 1.807) is 0 Å². The second kappa shape index (κ2) is 7.44. The SMILES string of the molecule is CC(=N)c1cc(-n2c3ccccc3c3ccccc32)cc(-n2c3ccccc3c3ccccc32)c1. The van der Waals surface area contributed by atoms with Crippen LogP contribution in [0, 0.1) is 5.41 Å². The Morgan fingerprint density at radius 1 is 0.486 bits per heavy atom. The van der Waals surface area contributed by atoms with Crippen molar-refractivity contribution in [3.8, 4) is 11.4 Å². The summed E-state index contributed by atoms with van der Waals surface area (Å²) in [5.74, 6) is 0. The lowest BCUT2D eigenvalue weighted by molar-refractivity contribution is 1.13. The predicted octanol–water partition coefficient (Wildman–Crippen LogP) is 8.27. The van der Waals surface area contributed by atoms with Gasteiger partial charge in [-0.15, -0.1) is 0 Å². The Labute approximate surface area is 203 Å². The molecule has 0 aliphatic heterocycles. The van der Waals surface area contributed by atoms with E-state index >= 15 is 0 Å². The minimum absolute atomic E-state index is 0.551. The summed E-state index contributed by atoms with van der Waals surface area (Å²) in [4.78, 5) is 0. The van der Waals surface area contributed by atoms with Gasteiger partial charge in [0, 0.05) is 38.6 Å². The molecule has 7 aromatic rings. The zero-order chi connectivity index (χ0) is 23.5. The summed E-state index contributed by atoms with van der Waals surface area (Å²) in [5.41, 5.74) is 8.26. The van der Waals surface area contributed by atoms with Crippen molar-refractivity contribution in [3.05, 3.63) is 121 Å².